The molecule has 6 nitrogen and oxygen atoms in total. The Kier molecular flexibility index (Phi) is 5.77. The molecule has 0 bridgehead atoms. The number of nitrogens with zero attached hydrogens (tertiary/aromatic N) is 1. The van der Waals surface area contributed by atoms with Crippen molar-refractivity contribution in [2.45, 2.75) is 54.4 Å². The lowest BCUT2D eigenvalue weighted by molar-refractivity contribution is 0.0964. The lowest BCUT2D eigenvalue weighted by Gasteiger charge is -2.21. The molecule has 2 aliphatic rings. The molecule has 168 valence electrons. The summed E-state index contributed by atoms with van der Waals surface area (Å²) < 4.78 is 29.5. The fourth-order valence-electron chi connectivity index (χ4n) is 4.74. The van der Waals surface area contributed by atoms with Gasteiger partial charge in [-0.1, -0.05) is 37.5 Å². The minimum absolute atomic E-state index is 0.0684. The molecule has 1 aliphatic heterocycles. The molecular formula is C24H26N2O4S2. The van der Waals surface area contributed by atoms with Crippen LogP contribution in [-0.4, -0.2) is 26.1 Å². The minimum atomic E-state index is -3.78. The first-order valence-corrected chi connectivity index (χ1v) is 13.6. The van der Waals surface area contributed by atoms with Crippen molar-refractivity contribution in [1.82, 2.24) is 0 Å². The van der Waals surface area contributed by atoms with E-state index in [-0.39, 0.29) is 10.8 Å². The summed E-state index contributed by atoms with van der Waals surface area (Å²) in [6.45, 7) is 0.481. The van der Waals surface area contributed by atoms with E-state index in [1.54, 1.807) is 17.0 Å². The van der Waals surface area contributed by atoms with Crippen LogP contribution in [0.2, 0.25) is 0 Å². The number of nitrogens with two attached hydrogens (primary N) is 1. The van der Waals surface area contributed by atoms with Crippen LogP contribution in [0.3, 0.4) is 0 Å². The van der Waals surface area contributed by atoms with Crippen molar-refractivity contribution in [2.75, 3.05) is 11.4 Å². The number of benzene rings is 2. The smallest absolute Gasteiger partial charge is 0.294 e. The maximum atomic E-state index is 13.6. The van der Waals surface area contributed by atoms with Gasteiger partial charge >= 0.3 is 0 Å². The summed E-state index contributed by atoms with van der Waals surface area (Å²) in [6.07, 6.45) is 6.92. The normalized spacial score (nSPS) is 17.1. The van der Waals surface area contributed by atoms with Gasteiger partial charge in [0.15, 0.2) is 5.76 Å². The molecule has 2 heterocycles. The Morgan fingerprint density at radius 3 is 2.69 bits per heavy atom. The molecule has 1 amide bonds. The Hall–Kier alpha value is -2.29. The first-order chi connectivity index (χ1) is 15.4. The van der Waals surface area contributed by atoms with Crippen molar-refractivity contribution in [1.29, 1.82) is 0 Å². The van der Waals surface area contributed by atoms with Crippen LogP contribution in [0.1, 0.15) is 53.8 Å². The van der Waals surface area contributed by atoms with Gasteiger partial charge in [0.05, 0.1) is 4.90 Å². The van der Waals surface area contributed by atoms with Crippen LogP contribution < -0.4 is 10.0 Å². The maximum Gasteiger partial charge on any atom is 0.294 e. The molecular weight excluding hydrogens is 444 g/mol. The number of hydrogen-bond donors (Lipinski definition) is 1. The van der Waals surface area contributed by atoms with E-state index in [9.17, 15) is 13.2 Å². The first-order valence-electron chi connectivity index (χ1n) is 11.0. The predicted molar refractivity (Wildman–Crippen MR) is 128 cm³/mol. The largest absolute Gasteiger partial charge is 0.451 e. The summed E-state index contributed by atoms with van der Waals surface area (Å²) in [6, 6.07) is 12.5. The number of carbonyl (C=O) groups is 1. The quantitative estimate of drug-likeness (QED) is 0.575. The van der Waals surface area contributed by atoms with Crippen molar-refractivity contribution < 1.29 is 17.6 Å². The van der Waals surface area contributed by atoms with E-state index >= 15 is 0 Å². The lowest BCUT2D eigenvalue weighted by atomic mass is 10.0. The number of thioether (sulfide) groups is 1. The zero-order valence-electron chi connectivity index (χ0n) is 17.7. The van der Waals surface area contributed by atoms with Crippen LogP contribution in [0, 0.1) is 0 Å². The maximum absolute atomic E-state index is 13.6. The number of anilines is 1. The Morgan fingerprint density at radius 1 is 1.12 bits per heavy atom. The molecule has 1 fully saturated rings. The first kappa shape index (κ1) is 21.6. The number of hydrogen-bond acceptors (Lipinski definition) is 5. The zero-order chi connectivity index (χ0) is 22.3. The van der Waals surface area contributed by atoms with Crippen molar-refractivity contribution in [3.05, 3.63) is 59.4 Å². The van der Waals surface area contributed by atoms with Gasteiger partial charge in [-0.05, 0) is 49.1 Å². The highest BCUT2D eigenvalue weighted by Gasteiger charge is 2.31. The zero-order valence-corrected chi connectivity index (χ0v) is 19.4. The second-order valence-corrected chi connectivity index (χ2v) is 11.4. The van der Waals surface area contributed by atoms with Gasteiger partial charge in [0, 0.05) is 34.2 Å². The molecule has 0 radical (unpaired) electrons. The highest BCUT2D eigenvalue weighted by atomic mass is 32.2. The van der Waals surface area contributed by atoms with Crippen molar-refractivity contribution in [3.63, 3.8) is 0 Å². The molecule has 0 atom stereocenters. The van der Waals surface area contributed by atoms with Gasteiger partial charge in [0.25, 0.3) is 5.91 Å². The Morgan fingerprint density at radius 2 is 1.91 bits per heavy atom. The van der Waals surface area contributed by atoms with E-state index in [0.29, 0.717) is 29.7 Å². The molecule has 2 aromatic carbocycles. The molecule has 1 saturated carbocycles. The van der Waals surface area contributed by atoms with Crippen LogP contribution >= 0.6 is 11.8 Å². The average molecular weight is 471 g/mol. The van der Waals surface area contributed by atoms with Crippen molar-refractivity contribution in [3.8, 4) is 0 Å². The van der Waals surface area contributed by atoms with Crippen LogP contribution in [0.15, 0.2) is 51.8 Å². The Balaban J connectivity index is 1.47. The SMILES string of the molecule is NS(=O)(=O)c1ccc2c(c1)CCN2C(=O)c1oc2ccccc2c1CSC1CCCCC1. The monoisotopic (exact) mass is 470 g/mol. The molecule has 32 heavy (non-hydrogen) atoms. The molecule has 0 unspecified atom stereocenters. The molecule has 5 rings (SSSR count). The number of para-hydroxylation sites is 1. The van der Waals surface area contributed by atoms with Gasteiger partial charge in [0.1, 0.15) is 5.58 Å². The molecule has 3 aromatic rings. The highest BCUT2D eigenvalue weighted by Crippen LogP contribution is 2.37. The van der Waals surface area contributed by atoms with E-state index in [2.05, 4.69) is 0 Å². The van der Waals surface area contributed by atoms with Gasteiger partial charge in [0.2, 0.25) is 10.0 Å². The lowest BCUT2D eigenvalue weighted by Crippen LogP contribution is -2.29. The summed E-state index contributed by atoms with van der Waals surface area (Å²) >= 11 is 1.92. The third-order valence-electron chi connectivity index (χ3n) is 6.43. The second kappa shape index (κ2) is 8.57. The third-order valence-corrected chi connectivity index (χ3v) is 8.74. The predicted octanol–water partition coefficient (Wildman–Crippen LogP) is 4.85. The number of carbonyl (C=O) groups excluding carboxylic acids is 1. The molecule has 1 aromatic heterocycles. The number of primary sulfonamides is 1. The molecule has 0 spiro atoms. The summed E-state index contributed by atoms with van der Waals surface area (Å²) in [5.74, 6) is 0.953. The van der Waals surface area contributed by atoms with E-state index < -0.39 is 10.0 Å². The number of fused-ring (bicyclic) bond motifs is 2. The minimum Gasteiger partial charge on any atom is -0.451 e. The standard InChI is InChI=1S/C24H26N2O4S2/c25-32(28,29)18-10-11-21-16(14-18)12-13-26(21)24(27)23-20(15-31-17-6-2-1-3-7-17)19-8-4-5-9-22(19)30-23/h4-5,8-11,14,17H,1-3,6-7,12-13,15H2,(H2,25,28,29). The van der Waals surface area contributed by atoms with Gasteiger partial charge in [-0.15, -0.1) is 0 Å². The second-order valence-electron chi connectivity index (χ2n) is 8.52. The van der Waals surface area contributed by atoms with E-state index in [4.69, 9.17) is 9.56 Å². The van der Waals surface area contributed by atoms with E-state index in [1.165, 1.54) is 38.2 Å². The van der Waals surface area contributed by atoms with E-state index in [0.717, 1.165) is 27.8 Å². The summed E-state index contributed by atoms with van der Waals surface area (Å²) in [5.41, 5.74) is 3.20. The van der Waals surface area contributed by atoms with Crippen molar-refractivity contribution >= 4 is 44.3 Å². The topological polar surface area (TPSA) is 93.6 Å². The summed E-state index contributed by atoms with van der Waals surface area (Å²) in [5, 5.41) is 6.89. The number of rotatable bonds is 5. The van der Waals surface area contributed by atoms with Gasteiger partial charge in [-0.3, -0.25) is 4.79 Å². The van der Waals surface area contributed by atoms with Crippen LogP contribution in [0.5, 0.6) is 0 Å². The van der Waals surface area contributed by atoms with Gasteiger partial charge in [-0.25, -0.2) is 13.6 Å². The van der Waals surface area contributed by atoms with Crippen molar-refractivity contribution in [2.24, 2.45) is 5.14 Å². The number of sulfonamides is 1. The van der Waals surface area contributed by atoms with Crippen LogP contribution in [0.4, 0.5) is 5.69 Å². The summed E-state index contributed by atoms with van der Waals surface area (Å²) in [4.78, 5) is 15.4. The highest BCUT2D eigenvalue weighted by molar-refractivity contribution is 7.99. The average Bonchev–Trinajstić information content (AvgIpc) is 3.38. The number of furan rings is 1. The fourth-order valence-corrected chi connectivity index (χ4v) is 6.66. The van der Waals surface area contributed by atoms with Gasteiger partial charge < -0.3 is 9.32 Å². The fraction of sp³-hybridized carbons (Fsp3) is 0.375. The van der Waals surface area contributed by atoms with E-state index in [1.807, 2.05) is 36.0 Å². The summed E-state index contributed by atoms with van der Waals surface area (Å²) in [7, 11) is -3.78. The molecule has 0 saturated heterocycles. The molecule has 2 N–H and O–H groups in total. The Bertz CT molecular complexity index is 1280. The Labute approximate surface area is 192 Å². The third kappa shape index (κ3) is 4.07. The van der Waals surface area contributed by atoms with Crippen LogP contribution in [-0.2, 0) is 22.2 Å². The molecule has 1 aliphatic carbocycles. The van der Waals surface area contributed by atoms with Crippen LogP contribution in [0.25, 0.3) is 11.0 Å². The number of amides is 1. The molecule has 8 heteroatoms. The van der Waals surface area contributed by atoms with Gasteiger partial charge in [-0.2, -0.15) is 11.8 Å².